The van der Waals surface area contributed by atoms with Gasteiger partial charge in [-0.15, -0.1) is 0 Å². The highest BCUT2D eigenvalue weighted by Crippen LogP contribution is 2.28. The van der Waals surface area contributed by atoms with E-state index in [1.54, 1.807) is 60.7 Å². The molecule has 0 aliphatic heterocycles. The second-order valence-corrected chi connectivity index (χ2v) is 13.2. The molecule has 0 radical (unpaired) electrons. The molecule has 0 saturated carbocycles. The van der Waals surface area contributed by atoms with Gasteiger partial charge >= 0.3 is 0 Å². The van der Waals surface area contributed by atoms with Crippen LogP contribution in [0.4, 0.5) is 5.69 Å². The second-order valence-electron chi connectivity index (χ2n) is 10.5. The highest BCUT2D eigenvalue weighted by molar-refractivity contribution is 7.92. The zero-order chi connectivity index (χ0) is 33.1. The van der Waals surface area contributed by atoms with Gasteiger partial charge in [-0.1, -0.05) is 84.7 Å². The van der Waals surface area contributed by atoms with Crippen LogP contribution in [-0.4, -0.2) is 50.9 Å². The van der Waals surface area contributed by atoms with Crippen LogP contribution >= 0.6 is 23.2 Å². The van der Waals surface area contributed by atoms with E-state index in [1.807, 2.05) is 44.2 Å². The molecule has 0 aromatic heterocycles. The predicted molar refractivity (Wildman–Crippen MR) is 183 cm³/mol. The Morgan fingerprint density at radius 1 is 0.870 bits per heavy atom. The summed E-state index contributed by atoms with van der Waals surface area (Å²) in [6.45, 7) is 4.00. The first-order chi connectivity index (χ1) is 22.1. The van der Waals surface area contributed by atoms with Crippen molar-refractivity contribution in [1.82, 2.24) is 10.2 Å². The molecule has 8 nitrogen and oxygen atoms in total. The molecule has 0 saturated heterocycles. The first-order valence-corrected chi connectivity index (χ1v) is 17.2. The van der Waals surface area contributed by atoms with Crippen molar-refractivity contribution in [3.05, 3.63) is 124 Å². The average Bonchev–Trinajstić information content (AvgIpc) is 3.06. The molecule has 0 aliphatic carbocycles. The molecule has 4 aromatic carbocycles. The maximum Gasteiger partial charge on any atom is 0.264 e. The fraction of sp³-hybridized carbons (Fsp3) is 0.257. The first kappa shape index (κ1) is 34.8. The monoisotopic (exact) mass is 681 g/mol. The Balaban J connectivity index is 1.80. The lowest BCUT2D eigenvalue weighted by atomic mass is 10.0. The highest BCUT2D eigenvalue weighted by Gasteiger charge is 2.34. The topological polar surface area (TPSA) is 96.0 Å². The third-order valence-corrected chi connectivity index (χ3v) is 9.60. The van der Waals surface area contributed by atoms with E-state index >= 15 is 0 Å². The molecule has 0 fully saturated rings. The SMILES string of the molecule is CCCNC(=O)[C@H](Cc1ccccc1)N(Cc1ccc(Cl)cc1Cl)C(=O)CN(c1ccc(OCC)cc1)S(=O)(=O)c1ccccc1. The minimum atomic E-state index is -4.21. The number of nitrogens with one attached hydrogen (secondary N) is 1. The molecule has 0 heterocycles. The van der Waals surface area contributed by atoms with E-state index in [1.165, 1.54) is 17.0 Å². The van der Waals surface area contributed by atoms with Gasteiger partial charge in [0, 0.05) is 29.6 Å². The normalized spacial score (nSPS) is 11.8. The van der Waals surface area contributed by atoms with E-state index in [4.69, 9.17) is 27.9 Å². The lowest BCUT2D eigenvalue weighted by Crippen LogP contribution is -2.53. The van der Waals surface area contributed by atoms with Gasteiger partial charge in [-0.3, -0.25) is 13.9 Å². The fourth-order valence-corrected chi connectivity index (χ4v) is 6.78. The molecule has 0 spiro atoms. The number of anilines is 1. The van der Waals surface area contributed by atoms with E-state index in [2.05, 4.69) is 5.32 Å². The van der Waals surface area contributed by atoms with Crippen LogP contribution in [0.25, 0.3) is 0 Å². The van der Waals surface area contributed by atoms with Gasteiger partial charge in [0.1, 0.15) is 18.3 Å². The Hall–Kier alpha value is -4.05. The van der Waals surface area contributed by atoms with E-state index < -0.39 is 28.5 Å². The fourth-order valence-electron chi connectivity index (χ4n) is 4.88. The number of carbonyl (C=O) groups is 2. The van der Waals surface area contributed by atoms with Gasteiger partial charge in [0.15, 0.2) is 0 Å². The van der Waals surface area contributed by atoms with Crippen molar-refractivity contribution >= 4 is 50.7 Å². The number of hydrogen-bond acceptors (Lipinski definition) is 5. The maximum absolute atomic E-state index is 14.5. The third-order valence-electron chi connectivity index (χ3n) is 7.22. The lowest BCUT2D eigenvalue weighted by molar-refractivity contribution is -0.140. The van der Waals surface area contributed by atoms with Crippen molar-refractivity contribution in [3.8, 4) is 5.75 Å². The van der Waals surface area contributed by atoms with Gasteiger partial charge in [0.25, 0.3) is 10.0 Å². The molecule has 1 N–H and O–H groups in total. The molecule has 11 heteroatoms. The van der Waals surface area contributed by atoms with Crippen molar-refractivity contribution in [3.63, 3.8) is 0 Å². The van der Waals surface area contributed by atoms with E-state index in [0.717, 1.165) is 9.87 Å². The summed E-state index contributed by atoms with van der Waals surface area (Å²) in [5, 5.41) is 3.66. The zero-order valence-electron chi connectivity index (χ0n) is 25.7. The summed E-state index contributed by atoms with van der Waals surface area (Å²) < 4.78 is 34.8. The molecular weight excluding hydrogens is 645 g/mol. The molecule has 0 aliphatic rings. The summed E-state index contributed by atoms with van der Waals surface area (Å²) in [5.41, 5.74) is 1.65. The highest BCUT2D eigenvalue weighted by atomic mass is 35.5. The minimum absolute atomic E-state index is 0.0190. The second kappa shape index (κ2) is 16.5. The van der Waals surface area contributed by atoms with Crippen LogP contribution in [-0.2, 0) is 32.6 Å². The minimum Gasteiger partial charge on any atom is -0.494 e. The van der Waals surface area contributed by atoms with E-state index in [-0.39, 0.29) is 29.5 Å². The quantitative estimate of drug-likeness (QED) is 0.150. The van der Waals surface area contributed by atoms with Crippen LogP contribution in [0.5, 0.6) is 5.75 Å². The van der Waals surface area contributed by atoms with Gasteiger partial charge in [-0.2, -0.15) is 0 Å². The van der Waals surface area contributed by atoms with Crippen molar-refractivity contribution in [2.75, 3.05) is 24.0 Å². The van der Waals surface area contributed by atoms with Gasteiger partial charge < -0.3 is 15.0 Å². The van der Waals surface area contributed by atoms with Crippen molar-refractivity contribution in [2.24, 2.45) is 0 Å². The number of halogens is 2. The average molecular weight is 683 g/mol. The van der Waals surface area contributed by atoms with E-state index in [0.29, 0.717) is 40.9 Å². The molecule has 242 valence electrons. The molecule has 0 unspecified atom stereocenters. The Morgan fingerprint density at radius 3 is 2.13 bits per heavy atom. The Bertz CT molecular complexity index is 1710. The molecule has 0 bridgehead atoms. The third kappa shape index (κ3) is 9.02. The van der Waals surface area contributed by atoms with Crippen molar-refractivity contribution < 1.29 is 22.7 Å². The van der Waals surface area contributed by atoms with Crippen molar-refractivity contribution in [1.29, 1.82) is 0 Å². The van der Waals surface area contributed by atoms with Crippen LogP contribution in [0.2, 0.25) is 10.0 Å². The van der Waals surface area contributed by atoms with Crippen LogP contribution in [0.3, 0.4) is 0 Å². The summed E-state index contributed by atoms with van der Waals surface area (Å²) in [4.78, 5) is 29.7. The predicted octanol–water partition coefficient (Wildman–Crippen LogP) is 6.75. The molecule has 2 amide bonds. The number of nitrogens with zero attached hydrogens (tertiary/aromatic N) is 2. The standard InChI is InChI=1S/C35H37Cl2N3O5S/c1-3-21-38-35(42)33(22-26-11-7-5-8-12-26)39(24-27-15-16-28(36)23-32(27)37)34(41)25-40(29-17-19-30(20-18-29)45-4-2)46(43,44)31-13-9-6-10-14-31/h5-20,23,33H,3-4,21-22,24-25H2,1-2H3,(H,38,42)/t33-/m0/s1. The van der Waals surface area contributed by atoms with Gasteiger partial charge in [0.05, 0.1) is 17.2 Å². The number of rotatable bonds is 15. The molecule has 46 heavy (non-hydrogen) atoms. The Morgan fingerprint density at radius 2 is 1.52 bits per heavy atom. The van der Waals surface area contributed by atoms with Gasteiger partial charge in [-0.25, -0.2) is 8.42 Å². The maximum atomic E-state index is 14.5. The number of carbonyl (C=O) groups excluding carboxylic acids is 2. The summed E-state index contributed by atoms with van der Waals surface area (Å²) in [6, 6.07) is 27.7. The number of sulfonamides is 1. The number of benzene rings is 4. The zero-order valence-corrected chi connectivity index (χ0v) is 28.1. The van der Waals surface area contributed by atoms with Crippen molar-refractivity contribution in [2.45, 2.75) is 44.2 Å². The summed E-state index contributed by atoms with van der Waals surface area (Å²) in [5.74, 6) is -0.390. The van der Waals surface area contributed by atoms with Gasteiger partial charge in [-0.05, 0) is 73.0 Å². The summed E-state index contributed by atoms with van der Waals surface area (Å²) >= 11 is 12.7. The summed E-state index contributed by atoms with van der Waals surface area (Å²) in [7, 11) is -4.21. The molecule has 1 atom stereocenters. The number of ether oxygens (including phenoxy) is 1. The molecule has 4 rings (SSSR count). The molecular formula is C35H37Cl2N3O5S. The lowest BCUT2D eigenvalue weighted by Gasteiger charge is -2.34. The molecule has 4 aromatic rings. The smallest absolute Gasteiger partial charge is 0.264 e. The first-order valence-electron chi connectivity index (χ1n) is 15.0. The summed E-state index contributed by atoms with van der Waals surface area (Å²) in [6.07, 6.45) is 0.892. The van der Waals surface area contributed by atoms with Crippen LogP contribution < -0.4 is 14.4 Å². The Labute approximate surface area is 280 Å². The number of amides is 2. The van der Waals surface area contributed by atoms with Crippen LogP contribution in [0, 0.1) is 0 Å². The number of hydrogen-bond donors (Lipinski definition) is 1. The largest absolute Gasteiger partial charge is 0.494 e. The Kier molecular flexibility index (Phi) is 12.5. The van der Waals surface area contributed by atoms with Crippen LogP contribution in [0.15, 0.2) is 108 Å². The van der Waals surface area contributed by atoms with E-state index in [9.17, 15) is 18.0 Å². The van der Waals surface area contributed by atoms with Crippen LogP contribution in [0.1, 0.15) is 31.4 Å². The van der Waals surface area contributed by atoms with Gasteiger partial charge in [0.2, 0.25) is 11.8 Å².